The number of carboxylic acid groups (broad SMARTS) is 1. The summed E-state index contributed by atoms with van der Waals surface area (Å²) in [6, 6.07) is 5.15. The number of hydrogen-bond donors (Lipinski definition) is 1. The van der Waals surface area contributed by atoms with Crippen LogP contribution in [-0.2, 0) is 20.7 Å². The maximum Gasteiger partial charge on any atom is 0.323 e. The molecule has 0 fully saturated rings. The number of carboxylic acids is 1. The van der Waals surface area contributed by atoms with Gasteiger partial charge in [-0.1, -0.05) is 11.6 Å². The average Bonchev–Trinajstić information content (AvgIpc) is 2.85. The highest BCUT2D eigenvalue weighted by atomic mass is 35.5. The second-order valence-corrected chi connectivity index (χ2v) is 5.15. The van der Waals surface area contributed by atoms with Crippen molar-refractivity contribution in [1.82, 2.24) is 4.90 Å². The number of benzene rings is 1. The molecule has 1 heterocycles. The molecule has 1 aliphatic heterocycles. The molecule has 114 valence electrons. The van der Waals surface area contributed by atoms with Crippen molar-refractivity contribution in [2.24, 2.45) is 0 Å². The zero-order valence-electron chi connectivity index (χ0n) is 11.5. The second kappa shape index (κ2) is 6.78. The van der Waals surface area contributed by atoms with Crippen LogP contribution in [0.4, 0.5) is 0 Å². The van der Waals surface area contributed by atoms with Crippen LogP contribution in [-0.4, -0.2) is 54.8 Å². The van der Waals surface area contributed by atoms with E-state index in [4.69, 9.17) is 26.2 Å². The van der Waals surface area contributed by atoms with Crippen molar-refractivity contribution in [1.29, 1.82) is 0 Å². The van der Waals surface area contributed by atoms with Crippen LogP contribution in [0.3, 0.4) is 0 Å². The van der Waals surface area contributed by atoms with E-state index >= 15 is 0 Å². The topological polar surface area (TPSA) is 76.1 Å². The molecular formula is C14H16ClNO5. The Labute approximate surface area is 127 Å². The maximum absolute atomic E-state index is 12.4. The quantitative estimate of drug-likeness (QED) is 0.854. The van der Waals surface area contributed by atoms with Crippen molar-refractivity contribution in [3.8, 4) is 5.75 Å². The molecule has 0 bridgehead atoms. The largest absolute Gasteiger partial charge is 0.480 e. The summed E-state index contributed by atoms with van der Waals surface area (Å²) in [5.74, 6) is -0.820. The molecule has 0 saturated heterocycles. The molecule has 1 N–H and O–H groups in total. The van der Waals surface area contributed by atoms with Crippen molar-refractivity contribution in [3.05, 3.63) is 28.8 Å². The summed E-state index contributed by atoms with van der Waals surface area (Å²) in [5.41, 5.74) is 0.850. The smallest absolute Gasteiger partial charge is 0.323 e. The van der Waals surface area contributed by atoms with E-state index in [-0.39, 0.29) is 25.6 Å². The maximum atomic E-state index is 12.4. The van der Waals surface area contributed by atoms with E-state index < -0.39 is 12.1 Å². The molecule has 0 saturated carbocycles. The molecule has 1 aromatic rings. The molecule has 2 rings (SSSR count). The third kappa shape index (κ3) is 3.86. The van der Waals surface area contributed by atoms with Gasteiger partial charge >= 0.3 is 5.97 Å². The third-order valence-electron chi connectivity index (χ3n) is 3.18. The average molecular weight is 314 g/mol. The third-order valence-corrected chi connectivity index (χ3v) is 3.41. The van der Waals surface area contributed by atoms with Gasteiger partial charge in [0.1, 0.15) is 12.3 Å². The lowest BCUT2D eigenvalue weighted by atomic mass is 10.1. The minimum Gasteiger partial charge on any atom is -0.480 e. The Bertz CT molecular complexity index is 548. The number of carbonyl (C=O) groups excluding carboxylic acids is 1. The zero-order valence-corrected chi connectivity index (χ0v) is 12.3. The highest BCUT2D eigenvalue weighted by Gasteiger charge is 2.33. The van der Waals surface area contributed by atoms with E-state index in [9.17, 15) is 9.59 Å². The first-order chi connectivity index (χ1) is 10.0. The minimum absolute atomic E-state index is 0.207. The molecule has 0 spiro atoms. The van der Waals surface area contributed by atoms with E-state index in [1.807, 2.05) is 0 Å². The van der Waals surface area contributed by atoms with Gasteiger partial charge in [-0.2, -0.15) is 0 Å². The monoisotopic (exact) mass is 313 g/mol. The molecule has 0 aliphatic carbocycles. The van der Waals surface area contributed by atoms with Gasteiger partial charge in [0, 0.05) is 25.1 Å². The fraction of sp³-hybridized carbons (Fsp3) is 0.429. The molecule has 0 aromatic heterocycles. The zero-order chi connectivity index (χ0) is 15.4. The summed E-state index contributed by atoms with van der Waals surface area (Å²) in [6.45, 7) is 0.0995. The molecule has 1 amide bonds. The Kier molecular flexibility index (Phi) is 5.03. The number of ether oxygens (including phenoxy) is 2. The van der Waals surface area contributed by atoms with Gasteiger partial charge in [0.15, 0.2) is 6.10 Å². The van der Waals surface area contributed by atoms with Crippen LogP contribution in [0.25, 0.3) is 0 Å². The van der Waals surface area contributed by atoms with Crippen molar-refractivity contribution < 1.29 is 24.2 Å². The van der Waals surface area contributed by atoms with Gasteiger partial charge in [-0.25, -0.2) is 0 Å². The lowest BCUT2D eigenvalue weighted by Crippen LogP contribution is -2.45. The van der Waals surface area contributed by atoms with E-state index in [2.05, 4.69) is 0 Å². The summed E-state index contributed by atoms with van der Waals surface area (Å²) in [5, 5.41) is 9.47. The van der Waals surface area contributed by atoms with Crippen LogP contribution in [0, 0.1) is 0 Å². The van der Waals surface area contributed by atoms with Crippen LogP contribution in [0.2, 0.25) is 5.02 Å². The fourth-order valence-electron chi connectivity index (χ4n) is 2.19. The lowest BCUT2D eigenvalue weighted by molar-refractivity contribution is -0.148. The number of carbonyl (C=O) groups is 2. The van der Waals surface area contributed by atoms with Crippen molar-refractivity contribution in [2.75, 3.05) is 26.8 Å². The number of aliphatic carboxylic acids is 1. The number of amides is 1. The van der Waals surface area contributed by atoms with Gasteiger partial charge < -0.3 is 19.5 Å². The van der Waals surface area contributed by atoms with E-state index in [1.54, 1.807) is 18.2 Å². The van der Waals surface area contributed by atoms with E-state index in [1.165, 1.54) is 12.0 Å². The first-order valence-electron chi connectivity index (χ1n) is 6.46. The number of methoxy groups -OCH3 is 1. The summed E-state index contributed by atoms with van der Waals surface area (Å²) < 4.78 is 10.5. The molecule has 1 aliphatic rings. The number of nitrogens with zero attached hydrogens (tertiary/aromatic N) is 1. The number of hydrogen-bond acceptors (Lipinski definition) is 4. The van der Waals surface area contributed by atoms with Crippen LogP contribution in [0.15, 0.2) is 18.2 Å². The standard InChI is InChI=1S/C14H16ClNO5/c1-20-5-4-16(8-13(17)18)14(19)12-7-9-6-10(15)2-3-11(9)21-12/h2-3,6,12H,4-5,7-8H2,1H3,(H,17,18). The van der Waals surface area contributed by atoms with Gasteiger partial charge in [-0.3, -0.25) is 9.59 Å². The fourth-order valence-corrected chi connectivity index (χ4v) is 2.39. The summed E-state index contributed by atoms with van der Waals surface area (Å²) in [6.07, 6.45) is -0.327. The number of halogens is 1. The first kappa shape index (κ1) is 15.6. The molecule has 7 heteroatoms. The molecule has 21 heavy (non-hydrogen) atoms. The first-order valence-corrected chi connectivity index (χ1v) is 6.83. The Morgan fingerprint density at radius 3 is 2.95 bits per heavy atom. The van der Waals surface area contributed by atoms with Gasteiger partial charge in [-0.05, 0) is 23.8 Å². The normalized spacial score (nSPS) is 16.2. The Balaban J connectivity index is 2.06. The summed E-state index contributed by atoms with van der Waals surface area (Å²) in [4.78, 5) is 24.5. The minimum atomic E-state index is -1.07. The highest BCUT2D eigenvalue weighted by molar-refractivity contribution is 6.30. The van der Waals surface area contributed by atoms with Gasteiger partial charge in [-0.15, -0.1) is 0 Å². The summed E-state index contributed by atoms with van der Waals surface area (Å²) >= 11 is 5.91. The van der Waals surface area contributed by atoms with Crippen molar-refractivity contribution in [3.63, 3.8) is 0 Å². The molecule has 0 radical (unpaired) electrons. The van der Waals surface area contributed by atoms with Crippen molar-refractivity contribution >= 4 is 23.5 Å². The molecule has 1 atom stereocenters. The predicted octanol–water partition coefficient (Wildman–Crippen LogP) is 1.20. The van der Waals surface area contributed by atoms with Gasteiger partial charge in [0.2, 0.25) is 0 Å². The second-order valence-electron chi connectivity index (χ2n) is 4.71. The van der Waals surface area contributed by atoms with Crippen molar-refractivity contribution in [2.45, 2.75) is 12.5 Å². The van der Waals surface area contributed by atoms with Crippen LogP contribution in [0.5, 0.6) is 5.75 Å². The number of rotatable bonds is 6. The summed E-state index contributed by atoms with van der Waals surface area (Å²) in [7, 11) is 1.49. The van der Waals surface area contributed by atoms with Crippen LogP contribution < -0.4 is 4.74 Å². The highest BCUT2D eigenvalue weighted by Crippen LogP contribution is 2.31. The lowest BCUT2D eigenvalue weighted by Gasteiger charge is -2.23. The number of fused-ring (bicyclic) bond motifs is 1. The molecule has 6 nitrogen and oxygen atoms in total. The Morgan fingerprint density at radius 1 is 1.52 bits per heavy atom. The molecule has 1 unspecified atom stereocenters. The van der Waals surface area contributed by atoms with Crippen LogP contribution in [0.1, 0.15) is 5.56 Å². The SMILES string of the molecule is COCCN(CC(=O)O)C(=O)C1Cc2cc(Cl)ccc2O1. The van der Waals surface area contributed by atoms with E-state index in [0.717, 1.165) is 5.56 Å². The predicted molar refractivity (Wildman–Crippen MR) is 75.7 cm³/mol. The van der Waals surface area contributed by atoms with Gasteiger partial charge in [0.25, 0.3) is 5.91 Å². The van der Waals surface area contributed by atoms with Crippen LogP contribution >= 0.6 is 11.6 Å². The van der Waals surface area contributed by atoms with Gasteiger partial charge in [0.05, 0.1) is 6.61 Å². The Morgan fingerprint density at radius 2 is 2.29 bits per heavy atom. The molecular weight excluding hydrogens is 298 g/mol. The molecule has 1 aromatic carbocycles. The van der Waals surface area contributed by atoms with E-state index in [0.29, 0.717) is 17.2 Å². The Hall–Kier alpha value is -1.79.